The Bertz CT molecular complexity index is 1230. The SMILES string of the molecule is COc1ccccc1Nc1c(C(=O)Nc2ccc(C)c(Cl)c2)cc([N+](=O)[O-])cc1[N+](=O)[O-]. The minimum Gasteiger partial charge on any atom is -0.495 e. The molecule has 2 N–H and O–H groups in total. The van der Waals surface area contributed by atoms with E-state index in [4.69, 9.17) is 16.3 Å². The topological polar surface area (TPSA) is 137 Å². The maximum absolute atomic E-state index is 13.1. The van der Waals surface area contributed by atoms with E-state index < -0.39 is 27.1 Å². The summed E-state index contributed by atoms with van der Waals surface area (Å²) in [5, 5.41) is 28.9. The summed E-state index contributed by atoms with van der Waals surface area (Å²) in [6.45, 7) is 1.78. The van der Waals surface area contributed by atoms with Gasteiger partial charge in [-0.1, -0.05) is 29.8 Å². The first-order valence-corrected chi connectivity index (χ1v) is 9.53. The van der Waals surface area contributed by atoms with Crippen molar-refractivity contribution in [2.24, 2.45) is 0 Å². The van der Waals surface area contributed by atoms with Gasteiger partial charge >= 0.3 is 0 Å². The van der Waals surface area contributed by atoms with Gasteiger partial charge < -0.3 is 15.4 Å². The van der Waals surface area contributed by atoms with Gasteiger partial charge in [0.05, 0.1) is 34.3 Å². The second kappa shape index (κ2) is 9.31. The molecule has 0 aliphatic rings. The number of ether oxygens (including phenoxy) is 1. The lowest BCUT2D eigenvalue weighted by molar-refractivity contribution is -0.393. The molecule has 10 nitrogen and oxygen atoms in total. The molecule has 0 aliphatic carbocycles. The zero-order chi connectivity index (χ0) is 23.4. The van der Waals surface area contributed by atoms with Gasteiger partial charge in [-0.15, -0.1) is 0 Å². The van der Waals surface area contributed by atoms with Crippen molar-refractivity contribution in [3.8, 4) is 5.75 Å². The van der Waals surface area contributed by atoms with E-state index in [0.717, 1.165) is 17.7 Å². The Kier molecular flexibility index (Phi) is 6.55. The molecule has 11 heteroatoms. The van der Waals surface area contributed by atoms with E-state index in [0.29, 0.717) is 22.1 Å². The number of benzene rings is 3. The van der Waals surface area contributed by atoms with Crippen molar-refractivity contribution in [2.45, 2.75) is 6.92 Å². The lowest BCUT2D eigenvalue weighted by Gasteiger charge is -2.15. The molecular formula is C21H17ClN4O6. The fourth-order valence-corrected chi connectivity index (χ4v) is 3.10. The van der Waals surface area contributed by atoms with Crippen LogP contribution in [0.3, 0.4) is 0 Å². The fraction of sp³-hybridized carbons (Fsp3) is 0.0952. The standard InChI is InChI=1S/C21H17ClN4O6/c1-12-7-8-13(9-16(12)22)23-21(27)15-10-14(25(28)29)11-18(26(30)31)20(15)24-17-5-3-4-6-19(17)32-2/h3-11,24H,1-2H3,(H,23,27). The number of halogens is 1. The first-order valence-electron chi connectivity index (χ1n) is 9.15. The zero-order valence-corrected chi connectivity index (χ0v) is 17.7. The number of anilines is 3. The van der Waals surface area contributed by atoms with Crippen LogP contribution in [0.2, 0.25) is 5.02 Å². The number of non-ortho nitro benzene ring substituents is 1. The molecule has 0 unspecified atom stereocenters. The number of hydrogen-bond acceptors (Lipinski definition) is 7. The number of methoxy groups -OCH3 is 1. The van der Waals surface area contributed by atoms with Gasteiger partial charge in [-0.2, -0.15) is 0 Å². The van der Waals surface area contributed by atoms with Gasteiger partial charge in [0, 0.05) is 16.8 Å². The molecule has 1 amide bonds. The Labute approximate surface area is 187 Å². The highest BCUT2D eigenvalue weighted by Crippen LogP contribution is 2.38. The van der Waals surface area contributed by atoms with Crippen LogP contribution in [-0.2, 0) is 0 Å². The number of hydrogen-bond donors (Lipinski definition) is 2. The van der Waals surface area contributed by atoms with Gasteiger partial charge in [0.1, 0.15) is 11.4 Å². The molecule has 3 aromatic carbocycles. The van der Waals surface area contributed by atoms with Crippen molar-refractivity contribution < 1.29 is 19.4 Å². The van der Waals surface area contributed by atoms with Crippen LogP contribution in [0.15, 0.2) is 54.6 Å². The van der Waals surface area contributed by atoms with Gasteiger partial charge in [0.15, 0.2) is 0 Å². The molecular weight excluding hydrogens is 440 g/mol. The van der Waals surface area contributed by atoms with Crippen LogP contribution >= 0.6 is 11.6 Å². The van der Waals surface area contributed by atoms with Crippen LogP contribution in [-0.4, -0.2) is 22.9 Å². The number of nitrogens with one attached hydrogen (secondary N) is 2. The quantitative estimate of drug-likeness (QED) is 0.355. The normalized spacial score (nSPS) is 10.3. The minimum atomic E-state index is -0.806. The Hall–Kier alpha value is -4.18. The maximum Gasteiger partial charge on any atom is 0.300 e. The smallest absolute Gasteiger partial charge is 0.300 e. The minimum absolute atomic E-state index is 0.221. The number of rotatable bonds is 7. The second-order valence-corrected chi connectivity index (χ2v) is 7.05. The van der Waals surface area contributed by atoms with Crippen LogP contribution in [0.5, 0.6) is 5.75 Å². The lowest BCUT2D eigenvalue weighted by atomic mass is 10.1. The van der Waals surface area contributed by atoms with Crippen molar-refractivity contribution in [1.29, 1.82) is 0 Å². The van der Waals surface area contributed by atoms with Crippen molar-refractivity contribution in [2.75, 3.05) is 17.7 Å². The molecule has 0 fully saturated rings. The van der Waals surface area contributed by atoms with Crippen molar-refractivity contribution in [3.05, 3.63) is 91.0 Å². The number of nitro benzene ring substituents is 2. The highest BCUT2D eigenvalue weighted by atomic mass is 35.5. The van der Waals surface area contributed by atoms with Gasteiger partial charge in [0.25, 0.3) is 17.3 Å². The highest BCUT2D eigenvalue weighted by Gasteiger charge is 2.28. The van der Waals surface area contributed by atoms with E-state index >= 15 is 0 Å². The predicted octanol–water partition coefficient (Wildman–Crippen LogP) is 5.47. The Morgan fingerprint density at radius 2 is 1.75 bits per heavy atom. The van der Waals surface area contributed by atoms with Crippen molar-refractivity contribution >= 4 is 45.9 Å². The van der Waals surface area contributed by atoms with E-state index in [1.54, 1.807) is 43.3 Å². The van der Waals surface area contributed by atoms with Crippen LogP contribution in [0.25, 0.3) is 0 Å². The molecule has 0 radical (unpaired) electrons. The third kappa shape index (κ3) is 4.76. The molecule has 164 valence electrons. The molecule has 0 aliphatic heterocycles. The number of aryl methyl sites for hydroxylation is 1. The first kappa shape index (κ1) is 22.5. The first-order chi connectivity index (χ1) is 15.2. The monoisotopic (exact) mass is 456 g/mol. The van der Waals surface area contributed by atoms with Gasteiger partial charge in [-0.3, -0.25) is 25.0 Å². The maximum atomic E-state index is 13.1. The van der Waals surface area contributed by atoms with E-state index in [1.165, 1.54) is 13.2 Å². The second-order valence-electron chi connectivity index (χ2n) is 6.65. The van der Waals surface area contributed by atoms with Gasteiger partial charge in [0.2, 0.25) is 0 Å². The lowest BCUT2D eigenvalue weighted by Crippen LogP contribution is -2.15. The molecule has 3 aromatic rings. The molecule has 0 heterocycles. The van der Waals surface area contributed by atoms with E-state index in [2.05, 4.69) is 10.6 Å². The molecule has 0 bridgehead atoms. The molecule has 0 atom stereocenters. The van der Waals surface area contributed by atoms with Crippen LogP contribution < -0.4 is 15.4 Å². The average molecular weight is 457 g/mol. The number of para-hydroxylation sites is 2. The Morgan fingerprint density at radius 3 is 2.38 bits per heavy atom. The highest BCUT2D eigenvalue weighted by molar-refractivity contribution is 6.31. The molecule has 32 heavy (non-hydrogen) atoms. The summed E-state index contributed by atoms with van der Waals surface area (Å²) in [5.41, 5.74) is -0.322. The summed E-state index contributed by atoms with van der Waals surface area (Å²) in [7, 11) is 1.42. The number of nitrogens with zero attached hydrogens (tertiary/aromatic N) is 2. The largest absolute Gasteiger partial charge is 0.495 e. The number of amides is 1. The zero-order valence-electron chi connectivity index (χ0n) is 16.9. The van der Waals surface area contributed by atoms with Gasteiger partial charge in [-0.25, -0.2) is 0 Å². The van der Waals surface area contributed by atoms with Crippen molar-refractivity contribution in [3.63, 3.8) is 0 Å². The number of carbonyl (C=O) groups is 1. The molecule has 0 saturated heterocycles. The summed E-state index contributed by atoms with van der Waals surface area (Å²) in [6.07, 6.45) is 0. The average Bonchev–Trinajstić information content (AvgIpc) is 2.76. The number of nitro groups is 2. The molecule has 0 aromatic heterocycles. The fourth-order valence-electron chi connectivity index (χ4n) is 2.92. The van der Waals surface area contributed by atoms with Crippen molar-refractivity contribution in [1.82, 2.24) is 0 Å². The van der Waals surface area contributed by atoms with Gasteiger partial charge in [-0.05, 0) is 36.8 Å². The summed E-state index contributed by atoms with van der Waals surface area (Å²) in [6, 6.07) is 13.1. The molecule has 0 spiro atoms. The Morgan fingerprint density at radius 1 is 1.03 bits per heavy atom. The third-order valence-corrected chi connectivity index (χ3v) is 4.96. The third-order valence-electron chi connectivity index (χ3n) is 4.55. The summed E-state index contributed by atoms with van der Waals surface area (Å²) in [4.78, 5) is 34.5. The molecule has 0 saturated carbocycles. The van der Waals surface area contributed by atoms with Crippen LogP contribution in [0.4, 0.5) is 28.4 Å². The predicted molar refractivity (Wildman–Crippen MR) is 120 cm³/mol. The molecule has 3 rings (SSSR count). The number of carbonyl (C=O) groups excluding carboxylic acids is 1. The summed E-state index contributed by atoms with van der Waals surface area (Å²) >= 11 is 6.09. The van der Waals surface area contributed by atoms with E-state index in [-0.39, 0.29) is 11.3 Å². The van der Waals surface area contributed by atoms with Crippen LogP contribution in [0.1, 0.15) is 15.9 Å². The summed E-state index contributed by atoms with van der Waals surface area (Å²) in [5.74, 6) is -0.439. The van der Waals surface area contributed by atoms with Crippen LogP contribution in [0, 0.1) is 27.2 Å². The van der Waals surface area contributed by atoms with E-state index in [9.17, 15) is 25.0 Å². The summed E-state index contributed by atoms with van der Waals surface area (Å²) < 4.78 is 5.24. The Balaban J connectivity index is 2.15. The van der Waals surface area contributed by atoms with E-state index in [1.807, 2.05) is 0 Å².